The molecule has 0 fully saturated rings. The Bertz CT molecular complexity index is 531. The minimum atomic E-state index is -0.497. The van der Waals surface area contributed by atoms with Crippen molar-refractivity contribution in [1.29, 1.82) is 0 Å². The van der Waals surface area contributed by atoms with Crippen LogP contribution in [0.4, 0.5) is 0 Å². The average Bonchev–Trinajstić information content (AvgIpc) is 2.76. The van der Waals surface area contributed by atoms with Crippen molar-refractivity contribution in [2.24, 2.45) is 12.8 Å². The topological polar surface area (TPSA) is 53.1 Å². The Balaban J connectivity index is 2.30. The monoisotopic (exact) mass is 245 g/mol. The molecule has 0 bridgehead atoms. The normalized spacial score (nSPS) is 11.6. The zero-order chi connectivity index (χ0) is 13.2. The molecule has 18 heavy (non-hydrogen) atoms. The molecule has 0 aliphatic carbocycles. The lowest BCUT2D eigenvalue weighted by atomic mass is 10.1. The van der Waals surface area contributed by atoms with E-state index in [1.165, 1.54) is 0 Å². The summed E-state index contributed by atoms with van der Waals surface area (Å²) in [6.07, 6.45) is 3.69. The van der Waals surface area contributed by atoms with Crippen LogP contribution in [0.3, 0.4) is 0 Å². The van der Waals surface area contributed by atoms with Crippen LogP contribution in [-0.2, 0) is 19.2 Å². The molecule has 96 valence electrons. The first-order valence-corrected chi connectivity index (χ1v) is 5.99. The second-order valence-electron chi connectivity index (χ2n) is 4.79. The largest absolute Gasteiger partial charge is 0.480 e. The molecule has 1 aromatic heterocycles. The number of imidazole rings is 1. The molecule has 4 nitrogen and oxygen atoms in total. The zero-order valence-electron chi connectivity index (χ0n) is 11.1. The van der Waals surface area contributed by atoms with Crippen molar-refractivity contribution in [2.75, 3.05) is 0 Å². The van der Waals surface area contributed by atoms with Crippen molar-refractivity contribution in [3.05, 3.63) is 48.0 Å². The molecular formula is C14H19N3O. The Labute approximate surface area is 107 Å². The minimum absolute atomic E-state index is 0.465. The van der Waals surface area contributed by atoms with Crippen molar-refractivity contribution in [3.63, 3.8) is 0 Å². The lowest BCUT2D eigenvalue weighted by Gasteiger charge is -2.27. The van der Waals surface area contributed by atoms with E-state index in [2.05, 4.69) is 4.98 Å². The fraction of sp³-hybridized carbons (Fsp3) is 0.357. The Kier molecular flexibility index (Phi) is 3.39. The van der Waals surface area contributed by atoms with Gasteiger partial charge in [0.15, 0.2) is 11.4 Å². The summed E-state index contributed by atoms with van der Waals surface area (Å²) >= 11 is 0. The van der Waals surface area contributed by atoms with E-state index in [4.69, 9.17) is 10.5 Å². The number of nitrogens with two attached hydrogens (primary N) is 1. The molecule has 0 spiro atoms. The molecule has 0 amide bonds. The van der Waals surface area contributed by atoms with Crippen LogP contribution in [0.2, 0.25) is 0 Å². The van der Waals surface area contributed by atoms with E-state index in [1.807, 2.05) is 55.9 Å². The van der Waals surface area contributed by atoms with Gasteiger partial charge >= 0.3 is 0 Å². The Morgan fingerprint density at radius 3 is 2.67 bits per heavy atom. The summed E-state index contributed by atoms with van der Waals surface area (Å²) in [5, 5.41) is 0. The number of aryl methyl sites for hydroxylation is 1. The van der Waals surface area contributed by atoms with E-state index in [1.54, 1.807) is 6.20 Å². The highest BCUT2D eigenvalue weighted by Gasteiger charge is 2.27. The second-order valence-corrected chi connectivity index (χ2v) is 4.79. The van der Waals surface area contributed by atoms with Gasteiger partial charge in [-0.05, 0) is 19.9 Å². The third-order valence-corrected chi connectivity index (χ3v) is 2.92. The average molecular weight is 245 g/mol. The third kappa shape index (κ3) is 2.38. The van der Waals surface area contributed by atoms with Crippen molar-refractivity contribution >= 4 is 0 Å². The number of hydrogen-bond donors (Lipinski definition) is 1. The van der Waals surface area contributed by atoms with Gasteiger partial charge in [-0.25, -0.2) is 4.98 Å². The molecule has 1 aromatic carbocycles. The van der Waals surface area contributed by atoms with Gasteiger partial charge in [0, 0.05) is 31.5 Å². The number of benzene rings is 1. The van der Waals surface area contributed by atoms with Gasteiger partial charge in [0.2, 0.25) is 0 Å². The van der Waals surface area contributed by atoms with Gasteiger partial charge in [-0.15, -0.1) is 0 Å². The number of ether oxygens (including phenoxy) is 1. The highest BCUT2D eigenvalue weighted by atomic mass is 16.5. The lowest BCUT2D eigenvalue weighted by molar-refractivity contribution is 0.0940. The predicted molar refractivity (Wildman–Crippen MR) is 71.2 cm³/mol. The number of nitrogens with zero attached hydrogens (tertiary/aromatic N) is 2. The summed E-state index contributed by atoms with van der Waals surface area (Å²) in [5.74, 6) is 1.70. The standard InChI is InChI=1S/C14H19N3O/c1-14(2,13-16-8-9-17(13)3)18-12-7-5-4-6-11(12)10-15/h4-9H,10,15H2,1-3H3. The van der Waals surface area contributed by atoms with Gasteiger partial charge in [0.1, 0.15) is 5.75 Å². The van der Waals surface area contributed by atoms with Crippen LogP contribution < -0.4 is 10.5 Å². The number of hydrogen-bond acceptors (Lipinski definition) is 3. The van der Waals surface area contributed by atoms with Crippen molar-refractivity contribution in [1.82, 2.24) is 9.55 Å². The van der Waals surface area contributed by atoms with E-state index in [9.17, 15) is 0 Å². The molecule has 2 rings (SSSR count). The summed E-state index contributed by atoms with van der Waals surface area (Å²) in [4.78, 5) is 4.35. The van der Waals surface area contributed by atoms with Crippen LogP contribution in [0.1, 0.15) is 25.2 Å². The fourth-order valence-corrected chi connectivity index (χ4v) is 2.04. The van der Waals surface area contributed by atoms with Crippen LogP contribution in [0.5, 0.6) is 5.75 Å². The summed E-state index contributed by atoms with van der Waals surface area (Å²) in [5.41, 5.74) is 6.22. The quantitative estimate of drug-likeness (QED) is 0.898. The van der Waals surface area contributed by atoms with Crippen LogP contribution >= 0.6 is 0 Å². The maximum Gasteiger partial charge on any atom is 0.161 e. The highest BCUT2D eigenvalue weighted by molar-refractivity contribution is 5.34. The lowest BCUT2D eigenvalue weighted by Crippen LogP contribution is -2.29. The maximum absolute atomic E-state index is 6.09. The predicted octanol–water partition coefficient (Wildman–Crippen LogP) is 2.19. The van der Waals surface area contributed by atoms with Crippen molar-refractivity contribution in [2.45, 2.75) is 26.0 Å². The van der Waals surface area contributed by atoms with Crippen LogP contribution in [-0.4, -0.2) is 9.55 Å². The van der Waals surface area contributed by atoms with Gasteiger partial charge in [0.25, 0.3) is 0 Å². The van der Waals surface area contributed by atoms with E-state index in [0.717, 1.165) is 17.1 Å². The fourth-order valence-electron chi connectivity index (χ4n) is 2.04. The molecule has 0 saturated heterocycles. The van der Waals surface area contributed by atoms with Crippen LogP contribution in [0.25, 0.3) is 0 Å². The third-order valence-electron chi connectivity index (χ3n) is 2.92. The Morgan fingerprint density at radius 1 is 1.33 bits per heavy atom. The minimum Gasteiger partial charge on any atom is -0.480 e. The number of aromatic nitrogens is 2. The highest BCUT2D eigenvalue weighted by Crippen LogP contribution is 2.28. The van der Waals surface area contributed by atoms with Crippen LogP contribution in [0, 0.1) is 0 Å². The van der Waals surface area contributed by atoms with Gasteiger partial charge in [-0.3, -0.25) is 0 Å². The molecule has 0 radical (unpaired) electrons. The molecular weight excluding hydrogens is 226 g/mol. The SMILES string of the molecule is Cn1ccnc1C(C)(C)Oc1ccccc1CN. The smallest absolute Gasteiger partial charge is 0.161 e. The van der Waals surface area contributed by atoms with E-state index >= 15 is 0 Å². The first-order valence-electron chi connectivity index (χ1n) is 5.99. The van der Waals surface area contributed by atoms with Crippen molar-refractivity contribution < 1.29 is 4.74 Å². The molecule has 2 N–H and O–H groups in total. The first kappa shape index (κ1) is 12.6. The number of para-hydroxylation sites is 1. The van der Waals surface area contributed by atoms with E-state index in [0.29, 0.717) is 6.54 Å². The molecule has 4 heteroatoms. The van der Waals surface area contributed by atoms with Crippen LogP contribution in [0.15, 0.2) is 36.7 Å². The van der Waals surface area contributed by atoms with Crippen molar-refractivity contribution in [3.8, 4) is 5.75 Å². The van der Waals surface area contributed by atoms with Gasteiger partial charge in [0.05, 0.1) is 0 Å². The van der Waals surface area contributed by atoms with E-state index in [-0.39, 0.29) is 0 Å². The Hall–Kier alpha value is -1.81. The zero-order valence-corrected chi connectivity index (χ0v) is 11.1. The van der Waals surface area contributed by atoms with Gasteiger partial charge < -0.3 is 15.0 Å². The first-order chi connectivity index (χ1) is 8.54. The van der Waals surface area contributed by atoms with Gasteiger partial charge in [-0.1, -0.05) is 18.2 Å². The molecule has 0 aliphatic rings. The van der Waals surface area contributed by atoms with Gasteiger partial charge in [-0.2, -0.15) is 0 Å². The Morgan fingerprint density at radius 2 is 2.06 bits per heavy atom. The second kappa shape index (κ2) is 4.82. The number of rotatable bonds is 4. The van der Waals surface area contributed by atoms with E-state index < -0.39 is 5.60 Å². The molecule has 0 atom stereocenters. The molecule has 2 aromatic rings. The molecule has 0 aliphatic heterocycles. The summed E-state index contributed by atoms with van der Waals surface area (Å²) < 4.78 is 8.05. The molecule has 0 unspecified atom stereocenters. The summed E-state index contributed by atoms with van der Waals surface area (Å²) in [7, 11) is 1.96. The summed E-state index contributed by atoms with van der Waals surface area (Å²) in [6.45, 7) is 4.47. The molecule has 1 heterocycles. The summed E-state index contributed by atoms with van der Waals surface area (Å²) in [6, 6.07) is 7.82. The maximum atomic E-state index is 6.09. The molecule has 0 saturated carbocycles.